The highest BCUT2D eigenvalue weighted by molar-refractivity contribution is 5.83. The summed E-state index contributed by atoms with van der Waals surface area (Å²) in [6, 6.07) is 11.0. The fourth-order valence-electron chi connectivity index (χ4n) is 5.04. The van der Waals surface area contributed by atoms with Crippen molar-refractivity contribution in [2.75, 3.05) is 26.7 Å². The van der Waals surface area contributed by atoms with Crippen LogP contribution in [0.2, 0.25) is 0 Å². The van der Waals surface area contributed by atoms with Crippen molar-refractivity contribution in [3.8, 4) is 0 Å². The van der Waals surface area contributed by atoms with Gasteiger partial charge in [-0.05, 0) is 31.9 Å². The maximum Gasteiger partial charge on any atom is 0.228 e. The first-order valence-electron chi connectivity index (χ1n) is 10.2. The zero-order chi connectivity index (χ0) is 18.2. The zero-order valence-electron chi connectivity index (χ0n) is 16.2. The van der Waals surface area contributed by atoms with Gasteiger partial charge < -0.3 is 9.64 Å². The number of hydrogen-bond acceptors (Lipinski definition) is 3. The van der Waals surface area contributed by atoms with E-state index in [0.29, 0.717) is 11.9 Å². The maximum absolute atomic E-state index is 13.0. The Morgan fingerprint density at radius 1 is 1.19 bits per heavy atom. The van der Waals surface area contributed by atoms with Crippen LogP contribution in [0.4, 0.5) is 0 Å². The van der Waals surface area contributed by atoms with E-state index in [1.807, 2.05) is 0 Å². The lowest BCUT2D eigenvalue weighted by Crippen LogP contribution is -2.65. The van der Waals surface area contributed by atoms with Gasteiger partial charge in [0.15, 0.2) is 0 Å². The van der Waals surface area contributed by atoms with E-state index in [1.54, 1.807) is 0 Å². The van der Waals surface area contributed by atoms with Crippen molar-refractivity contribution < 1.29 is 9.53 Å². The minimum atomic E-state index is -0.123. The molecule has 1 aliphatic carbocycles. The number of likely N-dealkylation sites (N-methyl/N-ethyl adjacent to an activating group) is 1. The van der Waals surface area contributed by atoms with Gasteiger partial charge in [-0.3, -0.25) is 9.69 Å². The lowest BCUT2D eigenvalue weighted by Gasteiger charge is -2.50. The predicted molar refractivity (Wildman–Crippen MR) is 103 cm³/mol. The Kier molecular flexibility index (Phi) is 4.83. The van der Waals surface area contributed by atoms with E-state index in [4.69, 9.17) is 4.74 Å². The molecular weight excluding hydrogens is 324 g/mol. The average Bonchev–Trinajstić information content (AvgIpc) is 3.07. The number of nitrogens with zero attached hydrogens (tertiary/aromatic N) is 2. The normalized spacial score (nSPS) is 26.9. The molecule has 1 aromatic rings. The zero-order valence-corrected chi connectivity index (χ0v) is 16.2. The fraction of sp³-hybridized carbons (Fsp3) is 0.682. The number of rotatable bonds is 4. The Labute approximate surface area is 157 Å². The number of carbonyl (C=O) groups is 1. The fourth-order valence-corrected chi connectivity index (χ4v) is 5.04. The van der Waals surface area contributed by atoms with E-state index in [2.05, 4.69) is 54.1 Å². The second-order valence-corrected chi connectivity index (χ2v) is 9.04. The van der Waals surface area contributed by atoms with Gasteiger partial charge in [-0.15, -0.1) is 0 Å². The Balaban J connectivity index is 1.30. The SMILES string of the molecule is CN(Cc1ccccc1)C1COC2(C1)CN(C(=O)C1(C)CCCCC1)C2. The molecule has 4 rings (SSSR count). The number of amides is 1. The van der Waals surface area contributed by atoms with Crippen LogP contribution in [0.15, 0.2) is 30.3 Å². The molecule has 1 spiro atoms. The quantitative estimate of drug-likeness (QED) is 0.828. The van der Waals surface area contributed by atoms with Gasteiger partial charge in [-0.25, -0.2) is 0 Å². The largest absolute Gasteiger partial charge is 0.370 e. The number of likely N-dealkylation sites (tertiary alicyclic amines) is 1. The Bertz CT molecular complexity index is 633. The van der Waals surface area contributed by atoms with Crippen LogP contribution in [0.25, 0.3) is 0 Å². The summed E-state index contributed by atoms with van der Waals surface area (Å²) in [4.78, 5) is 17.4. The van der Waals surface area contributed by atoms with Crippen LogP contribution < -0.4 is 0 Å². The first kappa shape index (κ1) is 18.0. The summed E-state index contributed by atoms with van der Waals surface area (Å²) in [7, 11) is 2.19. The van der Waals surface area contributed by atoms with E-state index in [0.717, 1.165) is 45.5 Å². The maximum atomic E-state index is 13.0. The van der Waals surface area contributed by atoms with Gasteiger partial charge in [0.25, 0.3) is 0 Å². The molecule has 1 aromatic carbocycles. The third-order valence-electron chi connectivity index (χ3n) is 6.81. The van der Waals surface area contributed by atoms with Gasteiger partial charge in [-0.2, -0.15) is 0 Å². The molecule has 3 fully saturated rings. The van der Waals surface area contributed by atoms with E-state index in [9.17, 15) is 4.79 Å². The molecule has 2 aliphatic heterocycles. The minimum absolute atomic E-state index is 0.0870. The van der Waals surface area contributed by atoms with Crippen LogP contribution in [0.1, 0.15) is 51.0 Å². The molecule has 0 aromatic heterocycles. The van der Waals surface area contributed by atoms with Crippen molar-refractivity contribution in [2.24, 2.45) is 5.41 Å². The van der Waals surface area contributed by atoms with E-state index in [-0.39, 0.29) is 11.0 Å². The number of benzene rings is 1. The molecule has 26 heavy (non-hydrogen) atoms. The molecule has 0 radical (unpaired) electrons. The van der Waals surface area contributed by atoms with Crippen molar-refractivity contribution in [2.45, 2.75) is 63.6 Å². The molecule has 0 bridgehead atoms. The highest BCUT2D eigenvalue weighted by Gasteiger charge is 2.54. The molecule has 4 heteroatoms. The van der Waals surface area contributed by atoms with Crippen LogP contribution >= 0.6 is 0 Å². The lowest BCUT2D eigenvalue weighted by atomic mass is 9.73. The van der Waals surface area contributed by atoms with Gasteiger partial charge in [0.1, 0.15) is 5.60 Å². The highest BCUT2D eigenvalue weighted by atomic mass is 16.5. The number of ether oxygens (including phenoxy) is 1. The molecule has 2 saturated heterocycles. The standard InChI is InChI=1S/C22H32N2O2/c1-21(11-7-4-8-12-21)20(25)24-16-22(17-24)13-19(15-26-22)23(2)14-18-9-5-3-6-10-18/h3,5-6,9-10,19H,4,7-8,11-17H2,1-2H3. The molecule has 1 atom stereocenters. The second kappa shape index (κ2) is 6.97. The van der Waals surface area contributed by atoms with E-state index >= 15 is 0 Å². The molecule has 142 valence electrons. The summed E-state index contributed by atoms with van der Waals surface area (Å²) in [6.07, 6.45) is 6.83. The van der Waals surface area contributed by atoms with Gasteiger partial charge >= 0.3 is 0 Å². The molecule has 1 saturated carbocycles. The molecule has 3 aliphatic rings. The van der Waals surface area contributed by atoms with Crippen LogP contribution in [0.3, 0.4) is 0 Å². The molecule has 2 heterocycles. The Hall–Kier alpha value is -1.39. The Morgan fingerprint density at radius 2 is 1.88 bits per heavy atom. The topological polar surface area (TPSA) is 32.8 Å². The smallest absolute Gasteiger partial charge is 0.228 e. The monoisotopic (exact) mass is 356 g/mol. The van der Waals surface area contributed by atoms with Crippen molar-refractivity contribution >= 4 is 5.91 Å². The van der Waals surface area contributed by atoms with Crippen molar-refractivity contribution in [3.63, 3.8) is 0 Å². The summed E-state index contributed by atoms with van der Waals surface area (Å²) < 4.78 is 6.21. The number of carbonyl (C=O) groups excluding carboxylic acids is 1. The van der Waals surface area contributed by atoms with Gasteiger partial charge in [0.05, 0.1) is 19.7 Å². The molecule has 0 N–H and O–H groups in total. The first-order valence-corrected chi connectivity index (χ1v) is 10.2. The summed E-state index contributed by atoms with van der Waals surface area (Å²) in [5.41, 5.74) is 1.13. The van der Waals surface area contributed by atoms with E-state index in [1.165, 1.54) is 24.8 Å². The van der Waals surface area contributed by atoms with Crippen LogP contribution in [0, 0.1) is 5.41 Å². The van der Waals surface area contributed by atoms with Crippen LogP contribution in [-0.2, 0) is 16.1 Å². The lowest BCUT2D eigenvalue weighted by molar-refractivity contribution is -0.168. The third-order valence-corrected chi connectivity index (χ3v) is 6.81. The number of hydrogen-bond donors (Lipinski definition) is 0. The molecular formula is C22H32N2O2. The third kappa shape index (κ3) is 3.41. The Morgan fingerprint density at radius 3 is 2.58 bits per heavy atom. The van der Waals surface area contributed by atoms with Gasteiger partial charge in [0, 0.05) is 18.0 Å². The summed E-state index contributed by atoms with van der Waals surface area (Å²) >= 11 is 0. The molecule has 4 nitrogen and oxygen atoms in total. The average molecular weight is 357 g/mol. The van der Waals surface area contributed by atoms with Crippen LogP contribution in [-0.4, -0.2) is 54.1 Å². The van der Waals surface area contributed by atoms with Crippen molar-refractivity contribution in [3.05, 3.63) is 35.9 Å². The van der Waals surface area contributed by atoms with Crippen molar-refractivity contribution in [1.29, 1.82) is 0 Å². The molecule has 1 unspecified atom stereocenters. The summed E-state index contributed by atoms with van der Waals surface area (Å²) in [5.74, 6) is 0.368. The van der Waals surface area contributed by atoms with Gasteiger partial charge in [0.2, 0.25) is 5.91 Å². The van der Waals surface area contributed by atoms with Crippen molar-refractivity contribution in [1.82, 2.24) is 9.80 Å². The first-order chi connectivity index (χ1) is 12.5. The highest BCUT2D eigenvalue weighted by Crippen LogP contribution is 2.43. The summed E-state index contributed by atoms with van der Waals surface area (Å²) in [6.45, 7) is 5.48. The summed E-state index contributed by atoms with van der Waals surface area (Å²) in [5, 5.41) is 0. The second-order valence-electron chi connectivity index (χ2n) is 9.04. The van der Waals surface area contributed by atoms with Crippen LogP contribution in [0.5, 0.6) is 0 Å². The minimum Gasteiger partial charge on any atom is -0.370 e. The van der Waals surface area contributed by atoms with Gasteiger partial charge in [-0.1, -0.05) is 56.5 Å². The molecule has 1 amide bonds. The predicted octanol–water partition coefficient (Wildman–Crippen LogP) is 3.46. The van der Waals surface area contributed by atoms with E-state index < -0.39 is 0 Å².